The van der Waals surface area contributed by atoms with Crippen LogP contribution in [0.25, 0.3) is 11.1 Å². The average molecular weight is 779 g/mol. The fourth-order valence-corrected chi connectivity index (χ4v) is 6.07. The van der Waals surface area contributed by atoms with E-state index in [9.17, 15) is 24.0 Å². The molecule has 3 atom stereocenters. The van der Waals surface area contributed by atoms with Gasteiger partial charge in [-0.05, 0) is 98.9 Å². The first-order valence-corrected chi connectivity index (χ1v) is 18.8. The van der Waals surface area contributed by atoms with E-state index in [1.54, 1.807) is 0 Å². The maximum Gasteiger partial charge on any atom is 0.243 e. The highest BCUT2D eigenvalue weighted by Crippen LogP contribution is 2.29. The summed E-state index contributed by atoms with van der Waals surface area (Å²) in [5, 5.41) is 21.8. The Morgan fingerprint density at radius 1 is 0.768 bits per heavy atom. The van der Waals surface area contributed by atoms with Gasteiger partial charge in [0.2, 0.25) is 23.6 Å². The molecule has 0 fully saturated rings. The number of nitrogens with two attached hydrogens (primary N) is 3. The predicted molar refractivity (Wildman–Crippen MR) is 219 cm³/mol. The lowest BCUT2D eigenvalue weighted by Gasteiger charge is -2.24. The quantitative estimate of drug-likeness (QED) is 0.0544. The minimum absolute atomic E-state index is 0.0563. The van der Waals surface area contributed by atoms with Gasteiger partial charge in [-0.15, -0.1) is 0 Å². The number of hydrogen-bond acceptors (Lipinski definition) is 10. The van der Waals surface area contributed by atoms with Gasteiger partial charge < -0.3 is 52.9 Å². The number of hydrogen-bond donors (Lipinski definition) is 8. The van der Waals surface area contributed by atoms with Crippen LogP contribution in [-0.2, 0) is 43.2 Å². The van der Waals surface area contributed by atoms with Crippen LogP contribution in [0.5, 0.6) is 5.75 Å². The molecule has 0 aromatic heterocycles. The van der Waals surface area contributed by atoms with Crippen molar-refractivity contribution in [3.8, 4) is 16.9 Å². The normalized spacial score (nSPS) is 11.9. The smallest absolute Gasteiger partial charge is 0.243 e. The lowest BCUT2D eigenvalue weighted by molar-refractivity contribution is -0.133. The summed E-state index contributed by atoms with van der Waals surface area (Å²) in [6.07, 6.45) is 4.38. The monoisotopic (exact) mass is 778 g/mol. The second-order valence-electron chi connectivity index (χ2n) is 13.1. The second kappa shape index (κ2) is 27.4. The number of ether oxygens (including phenoxy) is 1. The fraction of sp³-hybridized carbons (Fsp3) is 0.452. The first-order chi connectivity index (χ1) is 27.0. The van der Waals surface area contributed by atoms with Crippen molar-refractivity contribution < 1.29 is 38.9 Å². The highest BCUT2D eigenvalue weighted by Gasteiger charge is 2.29. The topological polar surface area (TPSA) is 249 Å². The average Bonchev–Trinajstić information content (AvgIpc) is 3.19. The van der Waals surface area contributed by atoms with Gasteiger partial charge in [-0.1, -0.05) is 66.6 Å². The number of aldehydes is 1. The highest BCUT2D eigenvalue weighted by atomic mass is 16.5. The van der Waals surface area contributed by atoms with Crippen LogP contribution in [0.3, 0.4) is 0 Å². The van der Waals surface area contributed by atoms with Crippen LogP contribution in [0, 0.1) is 13.8 Å². The summed E-state index contributed by atoms with van der Waals surface area (Å²) in [5.41, 5.74) is 24.0. The van der Waals surface area contributed by atoms with E-state index < -0.39 is 41.8 Å². The molecule has 3 aromatic rings. The van der Waals surface area contributed by atoms with Gasteiger partial charge in [0, 0.05) is 27.1 Å². The first kappa shape index (κ1) is 48.9. The van der Waals surface area contributed by atoms with E-state index in [4.69, 9.17) is 32.2 Å². The molecule has 11 N–H and O–H groups in total. The summed E-state index contributed by atoms with van der Waals surface area (Å²) in [4.78, 5) is 62.9. The lowest BCUT2D eigenvalue weighted by atomic mass is 9.95. The Morgan fingerprint density at radius 3 is 1.96 bits per heavy atom. The van der Waals surface area contributed by atoms with Gasteiger partial charge >= 0.3 is 0 Å². The van der Waals surface area contributed by atoms with E-state index in [0.717, 1.165) is 78.2 Å². The van der Waals surface area contributed by atoms with E-state index in [-0.39, 0.29) is 19.4 Å². The van der Waals surface area contributed by atoms with Gasteiger partial charge in [0.1, 0.15) is 30.2 Å². The number of carbonyl (C=O) groups excluding carboxylic acids is 5. The molecule has 14 nitrogen and oxygen atoms in total. The van der Waals surface area contributed by atoms with Crippen molar-refractivity contribution in [1.29, 1.82) is 0 Å². The molecule has 14 heteroatoms. The predicted octanol–water partition coefficient (Wildman–Crippen LogP) is 1.92. The van der Waals surface area contributed by atoms with E-state index in [1.807, 2.05) is 56.3 Å². The first-order valence-electron chi connectivity index (χ1n) is 18.8. The van der Waals surface area contributed by atoms with Crippen molar-refractivity contribution in [1.82, 2.24) is 16.0 Å². The molecule has 0 aliphatic rings. The Kier molecular flexibility index (Phi) is 23.9. The number of rotatable bonds is 22. The molecule has 0 aliphatic heterocycles. The van der Waals surface area contributed by atoms with Crippen molar-refractivity contribution in [3.05, 3.63) is 88.5 Å². The molecule has 0 saturated carbocycles. The summed E-state index contributed by atoms with van der Waals surface area (Å²) in [7, 11) is 2.00. The number of unbranched alkanes of at least 4 members (excludes halogenated alkanes) is 1. The Labute approximate surface area is 330 Å². The molecular weight excluding hydrogens is 716 g/mol. The Morgan fingerprint density at radius 2 is 1.39 bits per heavy atom. The van der Waals surface area contributed by atoms with Crippen LogP contribution in [0.4, 0.5) is 0 Å². The standard InChI is InChI=1S/C40H54N6O6.2CH4O/c1-4-30-24-32(52-19-6-5-17-41)14-15-33(30)31-12-10-28(11-13-31)23-36(46-39(50)35(16-18-47)44-37(48)25-42)40(51)45-34(38(43)49)9-7-8-29-21-26(2)20-27(3)22-29;2*1-2/h10-15,18,20-22,24,34-36H,4-9,16-17,19,23,25,41-42H2,1-3H3,(H2,43,49)(H,44,48)(H,45,51)(H,46,50);2*2H,1H3/t34?,35?,36-;;/m0../s1. The van der Waals surface area contributed by atoms with Crippen LogP contribution in [0.2, 0.25) is 0 Å². The van der Waals surface area contributed by atoms with Crippen LogP contribution >= 0.6 is 0 Å². The van der Waals surface area contributed by atoms with E-state index in [0.29, 0.717) is 38.7 Å². The number of aliphatic hydroxyl groups excluding tert-OH is 2. The Bertz CT molecular complexity index is 1650. The Hall–Kier alpha value is -5.15. The van der Waals surface area contributed by atoms with Crippen LogP contribution in [0.1, 0.15) is 66.8 Å². The van der Waals surface area contributed by atoms with Gasteiger partial charge in [-0.25, -0.2) is 0 Å². The second-order valence-corrected chi connectivity index (χ2v) is 13.1. The summed E-state index contributed by atoms with van der Waals surface area (Å²) in [6.45, 7) is 6.97. The molecule has 2 unspecified atom stereocenters. The third-order valence-corrected chi connectivity index (χ3v) is 8.73. The van der Waals surface area contributed by atoms with Gasteiger partial charge in [-0.3, -0.25) is 19.2 Å². The summed E-state index contributed by atoms with van der Waals surface area (Å²) < 4.78 is 5.90. The van der Waals surface area contributed by atoms with Crippen LogP contribution in [-0.4, -0.2) is 92.2 Å². The molecular formula is C42H62N6O8. The number of nitrogens with one attached hydrogen (secondary N) is 3. The van der Waals surface area contributed by atoms with Crippen molar-refractivity contribution >= 4 is 29.9 Å². The fourth-order valence-electron chi connectivity index (χ4n) is 6.07. The zero-order valence-corrected chi connectivity index (χ0v) is 33.4. The number of amides is 4. The molecule has 0 spiro atoms. The number of primary amides is 1. The lowest BCUT2D eigenvalue weighted by Crippen LogP contribution is -2.57. The van der Waals surface area contributed by atoms with Crippen molar-refractivity contribution in [2.24, 2.45) is 17.2 Å². The third-order valence-electron chi connectivity index (χ3n) is 8.73. The third kappa shape index (κ3) is 17.1. The summed E-state index contributed by atoms with van der Waals surface area (Å²) in [5.74, 6) is -1.90. The molecule has 3 rings (SSSR count). The molecule has 0 bridgehead atoms. The number of benzene rings is 3. The van der Waals surface area contributed by atoms with Crippen LogP contribution in [0.15, 0.2) is 60.7 Å². The maximum absolute atomic E-state index is 13.8. The van der Waals surface area contributed by atoms with Crippen molar-refractivity contribution in [3.63, 3.8) is 0 Å². The Balaban J connectivity index is 0.00000379. The highest BCUT2D eigenvalue weighted by molar-refractivity contribution is 5.95. The minimum Gasteiger partial charge on any atom is -0.494 e. The van der Waals surface area contributed by atoms with E-state index in [1.165, 1.54) is 0 Å². The molecule has 0 saturated heterocycles. The SMILES string of the molecule is CCc1cc(OCCCCN)ccc1-c1ccc(C[C@H](NC(=O)C(CC=O)NC(=O)CN)C(=O)NC(CCCc2cc(C)cc(C)c2)C(N)=O)cc1.CO.CO. The molecule has 0 aliphatic carbocycles. The zero-order valence-electron chi connectivity index (χ0n) is 33.4. The van der Waals surface area contributed by atoms with Gasteiger partial charge in [0.05, 0.1) is 13.2 Å². The summed E-state index contributed by atoms with van der Waals surface area (Å²) in [6, 6.07) is 16.5. The van der Waals surface area contributed by atoms with E-state index >= 15 is 0 Å². The van der Waals surface area contributed by atoms with Crippen molar-refractivity contribution in [2.45, 2.75) is 90.3 Å². The van der Waals surface area contributed by atoms with Crippen molar-refractivity contribution in [2.75, 3.05) is 33.9 Å². The molecule has 0 heterocycles. The maximum atomic E-state index is 13.8. The number of aryl methyl sites for hydroxylation is 4. The molecule has 3 aromatic carbocycles. The van der Waals surface area contributed by atoms with Gasteiger partial charge in [0.25, 0.3) is 0 Å². The zero-order chi connectivity index (χ0) is 42.0. The molecule has 56 heavy (non-hydrogen) atoms. The molecule has 308 valence electrons. The van der Waals surface area contributed by atoms with Gasteiger partial charge in [-0.2, -0.15) is 0 Å². The molecule has 0 radical (unpaired) electrons. The molecule has 4 amide bonds. The number of carbonyl (C=O) groups is 5. The minimum atomic E-state index is -1.24. The largest absolute Gasteiger partial charge is 0.494 e. The summed E-state index contributed by atoms with van der Waals surface area (Å²) >= 11 is 0. The van der Waals surface area contributed by atoms with E-state index in [2.05, 4.69) is 41.1 Å². The van der Waals surface area contributed by atoms with Crippen LogP contribution < -0.4 is 37.9 Å². The van der Waals surface area contributed by atoms with Gasteiger partial charge in [0.15, 0.2) is 0 Å². The number of aliphatic hydroxyl groups is 2.